The number of hydrazine groups is 1. The number of aromatic nitrogens is 1. The molecule has 8 heteroatoms. The Morgan fingerprint density at radius 1 is 1.28 bits per heavy atom. The van der Waals surface area contributed by atoms with Gasteiger partial charge in [0.2, 0.25) is 0 Å². The molecule has 0 amide bonds. The molecule has 1 aromatic carbocycles. The lowest BCUT2D eigenvalue weighted by molar-refractivity contribution is -0.140. The van der Waals surface area contributed by atoms with E-state index in [0.717, 1.165) is 12.1 Å². The number of anilines is 1. The van der Waals surface area contributed by atoms with Gasteiger partial charge in [0.1, 0.15) is 17.0 Å². The first kappa shape index (κ1) is 13.0. The first-order chi connectivity index (χ1) is 8.34. The SMILES string of the molecule is NNc1cc(C(F)(F)F)nc2c(F)ccc(Br)c12. The van der Waals surface area contributed by atoms with Crippen LogP contribution in [0.3, 0.4) is 0 Å². The third-order valence-electron chi connectivity index (χ3n) is 2.31. The van der Waals surface area contributed by atoms with Gasteiger partial charge in [0.25, 0.3) is 0 Å². The zero-order valence-electron chi connectivity index (χ0n) is 8.65. The highest BCUT2D eigenvalue weighted by molar-refractivity contribution is 9.10. The number of halogens is 5. The highest BCUT2D eigenvalue weighted by Gasteiger charge is 2.34. The average Bonchev–Trinajstić information content (AvgIpc) is 2.31. The molecule has 0 unspecified atom stereocenters. The quantitative estimate of drug-likeness (QED) is 0.480. The maximum Gasteiger partial charge on any atom is 0.433 e. The summed E-state index contributed by atoms with van der Waals surface area (Å²) in [5.41, 5.74) is 0.453. The van der Waals surface area contributed by atoms with Crippen molar-refractivity contribution in [3.05, 3.63) is 34.2 Å². The summed E-state index contributed by atoms with van der Waals surface area (Å²) in [6.45, 7) is 0. The molecule has 0 spiro atoms. The van der Waals surface area contributed by atoms with E-state index in [9.17, 15) is 17.6 Å². The lowest BCUT2D eigenvalue weighted by Gasteiger charge is -2.12. The second kappa shape index (κ2) is 4.36. The second-order valence-electron chi connectivity index (χ2n) is 3.45. The predicted molar refractivity (Wildman–Crippen MR) is 62.2 cm³/mol. The molecule has 0 aliphatic rings. The third-order valence-corrected chi connectivity index (χ3v) is 2.97. The van der Waals surface area contributed by atoms with Crippen LogP contribution in [-0.4, -0.2) is 4.98 Å². The molecule has 1 heterocycles. The lowest BCUT2D eigenvalue weighted by Crippen LogP contribution is -2.13. The zero-order chi connectivity index (χ0) is 13.5. The van der Waals surface area contributed by atoms with Crippen LogP contribution in [0.2, 0.25) is 0 Å². The third kappa shape index (κ3) is 2.13. The van der Waals surface area contributed by atoms with Crippen molar-refractivity contribution in [2.45, 2.75) is 6.18 Å². The van der Waals surface area contributed by atoms with Gasteiger partial charge in [-0.2, -0.15) is 13.2 Å². The van der Waals surface area contributed by atoms with Crippen LogP contribution in [0, 0.1) is 5.82 Å². The van der Waals surface area contributed by atoms with E-state index >= 15 is 0 Å². The van der Waals surface area contributed by atoms with Gasteiger partial charge in [-0.1, -0.05) is 15.9 Å². The highest BCUT2D eigenvalue weighted by Crippen LogP contribution is 2.36. The molecule has 18 heavy (non-hydrogen) atoms. The summed E-state index contributed by atoms with van der Waals surface area (Å²) in [5, 5.41) is 0.158. The largest absolute Gasteiger partial charge is 0.433 e. The van der Waals surface area contributed by atoms with E-state index in [4.69, 9.17) is 5.84 Å². The average molecular weight is 324 g/mol. The number of hydrogen-bond donors (Lipinski definition) is 2. The summed E-state index contributed by atoms with van der Waals surface area (Å²) in [6, 6.07) is 3.12. The Hall–Kier alpha value is -1.41. The minimum Gasteiger partial charge on any atom is -0.323 e. The van der Waals surface area contributed by atoms with Gasteiger partial charge in [0.15, 0.2) is 0 Å². The van der Waals surface area contributed by atoms with E-state index in [1.54, 1.807) is 0 Å². The molecule has 3 nitrogen and oxygen atoms in total. The van der Waals surface area contributed by atoms with Crippen molar-refractivity contribution < 1.29 is 17.6 Å². The Balaban J connectivity index is 2.88. The molecule has 0 radical (unpaired) electrons. The van der Waals surface area contributed by atoms with Gasteiger partial charge >= 0.3 is 6.18 Å². The minimum atomic E-state index is -4.67. The molecule has 2 rings (SSSR count). The Morgan fingerprint density at radius 2 is 1.94 bits per heavy atom. The molecular weight excluding hydrogens is 318 g/mol. The van der Waals surface area contributed by atoms with E-state index in [0.29, 0.717) is 4.47 Å². The van der Waals surface area contributed by atoms with Gasteiger partial charge in [-0.3, -0.25) is 5.84 Å². The first-order valence-corrected chi connectivity index (χ1v) is 5.46. The first-order valence-electron chi connectivity index (χ1n) is 4.67. The van der Waals surface area contributed by atoms with Crippen molar-refractivity contribution in [3.8, 4) is 0 Å². The van der Waals surface area contributed by atoms with Gasteiger partial charge in [-0.15, -0.1) is 0 Å². The number of hydrogen-bond acceptors (Lipinski definition) is 3. The monoisotopic (exact) mass is 323 g/mol. The minimum absolute atomic E-state index is 0.0568. The van der Waals surface area contributed by atoms with Crippen molar-refractivity contribution in [2.24, 2.45) is 5.84 Å². The number of fused-ring (bicyclic) bond motifs is 1. The summed E-state index contributed by atoms with van der Waals surface area (Å²) in [4.78, 5) is 3.29. The van der Waals surface area contributed by atoms with E-state index in [-0.39, 0.29) is 11.1 Å². The number of nitrogens with one attached hydrogen (secondary N) is 1. The molecule has 3 N–H and O–H groups in total. The number of nitrogens with zero attached hydrogens (tertiary/aromatic N) is 1. The molecule has 0 aliphatic carbocycles. The van der Waals surface area contributed by atoms with Crippen LogP contribution in [0.1, 0.15) is 5.69 Å². The van der Waals surface area contributed by atoms with Gasteiger partial charge in [-0.25, -0.2) is 9.37 Å². The molecule has 0 saturated carbocycles. The standard InChI is InChI=1S/C10H6BrF4N3/c11-4-1-2-5(12)9-8(4)6(18-16)3-7(17-9)10(13,14)15/h1-3H,16H2,(H,17,18). The lowest BCUT2D eigenvalue weighted by atomic mass is 10.1. The molecule has 0 fully saturated rings. The van der Waals surface area contributed by atoms with Crippen LogP contribution in [0.25, 0.3) is 10.9 Å². The molecule has 96 valence electrons. The van der Waals surface area contributed by atoms with Crippen molar-refractivity contribution in [3.63, 3.8) is 0 Å². The fourth-order valence-electron chi connectivity index (χ4n) is 1.53. The molecule has 0 aliphatic heterocycles. The summed E-state index contributed by atoms with van der Waals surface area (Å²) in [5.74, 6) is 4.31. The Kier molecular flexibility index (Phi) is 3.16. The smallest absolute Gasteiger partial charge is 0.323 e. The van der Waals surface area contributed by atoms with Crippen LogP contribution in [-0.2, 0) is 6.18 Å². The van der Waals surface area contributed by atoms with Crippen molar-refractivity contribution >= 4 is 32.5 Å². The Labute approximate surface area is 107 Å². The zero-order valence-corrected chi connectivity index (χ0v) is 10.2. The molecule has 0 saturated heterocycles. The maximum atomic E-state index is 13.5. The van der Waals surface area contributed by atoms with Crippen LogP contribution >= 0.6 is 15.9 Å². The van der Waals surface area contributed by atoms with Crippen molar-refractivity contribution in [1.29, 1.82) is 0 Å². The number of nitrogens with two attached hydrogens (primary N) is 1. The molecular formula is C10H6BrF4N3. The number of pyridine rings is 1. The molecule has 0 bridgehead atoms. The topological polar surface area (TPSA) is 50.9 Å². The van der Waals surface area contributed by atoms with Crippen LogP contribution in [0.4, 0.5) is 23.2 Å². The van der Waals surface area contributed by atoms with E-state index in [1.807, 2.05) is 0 Å². The molecule has 0 atom stereocenters. The predicted octanol–water partition coefficient (Wildman–Crippen LogP) is 3.44. The van der Waals surface area contributed by atoms with E-state index in [2.05, 4.69) is 26.3 Å². The number of nitrogen functional groups attached to an aromatic ring is 1. The Bertz CT molecular complexity index is 612. The molecule has 1 aromatic heterocycles. The summed E-state index contributed by atoms with van der Waals surface area (Å²) in [6.07, 6.45) is -4.67. The van der Waals surface area contributed by atoms with E-state index < -0.39 is 23.2 Å². The van der Waals surface area contributed by atoms with Gasteiger partial charge in [0.05, 0.1) is 5.69 Å². The van der Waals surface area contributed by atoms with Crippen LogP contribution in [0.5, 0.6) is 0 Å². The summed E-state index contributed by atoms with van der Waals surface area (Å²) >= 11 is 3.11. The summed E-state index contributed by atoms with van der Waals surface area (Å²) < 4.78 is 51.7. The van der Waals surface area contributed by atoms with Crippen molar-refractivity contribution in [2.75, 3.05) is 5.43 Å². The van der Waals surface area contributed by atoms with Gasteiger partial charge < -0.3 is 5.43 Å². The Morgan fingerprint density at radius 3 is 2.50 bits per heavy atom. The van der Waals surface area contributed by atoms with Crippen LogP contribution < -0.4 is 11.3 Å². The van der Waals surface area contributed by atoms with Crippen LogP contribution in [0.15, 0.2) is 22.7 Å². The molecule has 2 aromatic rings. The fourth-order valence-corrected chi connectivity index (χ4v) is 2.06. The highest BCUT2D eigenvalue weighted by atomic mass is 79.9. The fraction of sp³-hybridized carbons (Fsp3) is 0.100. The van der Waals surface area contributed by atoms with Crippen molar-refractivity contribution in [1.82, 2.24) is 4.98 Å². The van der Waals surface area contributed by atoms with Gasteiger partial charge in [-0.05, 0) is 18.2 Å². The van der Waals surface area contributed by atoms with Gasteiger partial charge in [0, 0.05) is 9.86 Å². The van der Waals surface area contributed by atoms with E-state index in [1.165, 1.54) is 6.07 Å². The second-order valence-corrected chi connectivity index (χ2v) is 4.30. The number of rotatable bonds is 1. The summed E-state index contributed by atoms with van der Waals surface area (Å²) in [7, 11) is 0. The normalized spacial score (nSPS) is 11.9. The number of alkyl halides is 3. The number of benzene rings is 1. The maximum absolute atomic E-state index is 13.5.